The first-order chi connectivity index (χ1) is 10.1. The molecule has 3 nitrogen and oxygen atoms in total. The lowest BCUT2D eigenvalue weighted by Gasteiger charge is -2.07. The van der Waals surface area contributed by atoms with E-state index in [0.29, 0.717) is 10.6 Å². The molecule has 0 aromatic heterocycles. The van der Waals surface area contributed by atoms with E-state index in [1.165, 1.54) is 0 Å². The third-order valence-corrected chi connectivity index (χ3v) is 4.32. The molecule has 0 spiro atoms. The average molecular weight is 368 g/mol. The zero-order valence-corrected chi connectivity index (χ0v) is 14.0. The maximum Gasteiger partial charge on any atom is 0.251 e. The van der Waals surface area contributed by atoms with Gasteiger partial charge in [0.15, 0.2) is 0 Å². The molecule has 0 unspecified atom stereocenters. The van der Waals surface area contributed by atoms with Crippen LogP contribution in [0.3, 0.4) is 0 Å². The monoisotopic (exact) mass is 366 g/mol. The number of amides is 1. The standard InChI is InChI=1S/C16H16BrClN2O/c1-19-16(21)13-5-2-11(3-6-13)9-20-10-12-4-7-14(17)15(18)8-12/h2-8,20H,9-10H2,1H3,(H,19,21). The summed E-state index contributed by atoms with van der Waals surface area (Å²) in [6.45, 7) is 1.48. The molecule has 2 aromatic rings. The van der Waals surface area contributed by atoms with E-state index >= 15 is 0 Å². The third kappa shape index (κ3) is 4.56. The van der Waals surface area contributed by atoms with Crippen LogP contribution in [0.15, 0.2) is 46.9 Å². The zero-order valence-electron chi connectivity index (χ0n) is 11.6. The van der Waals surface area contributed by atoms with Gasteiger partial charge >= 0.3 is 0 Å². The van der Waals surface area contributed by atoms with Crippen LogP contribution in [0.4, 0.5) is 0 Å². The molecule has 0 saturated carbocycles. The normalized spacial score (nSPS) is 10.4. The van der Waals surface area contributed by atoms with Crippen molar-refractivity contribution in [1.82, 2.24) is 10.6 Å². The van der Waals surface area contributed by atoms with Gasteiger partial charge in [-0.05, 0) is 51.3 Å². The van der Waals surface area contributed by atoms with Gasteiger partial charge in [-0.2, -0.15) is 0 Å². The Bertz CT molecular complexity index is 629. The predicted molar refractivity (Wildman–Crippen MR) is 89.5 cm³/mol. The highest BCUT2D eigenvalue weighted by atomic mass is 79.9. The molecule has 0 radical (unpaired) electrons. The fourth-order valence-electron chi connectivity index (χ4n) is 1.92. The molecule has 0 aliphatic carbocycles. The number of carbonyl (C=O) groups excluding carboxylic acids is 1. The SMILES string of the molecule is CNC(=O)c1ccc(CNCc2ccc(Br)c(Cl)c2)cc1. The van der Waals surface area contributed by atoms with E-state index in [1.54, 1.807) is 7.05 Å². The van der Waals surface area contributed by atoms with Crippen LogP contribution in [0.5, 0.6) is 0 Å². The summed E-state index contributed by atoms with van der Waals surface area (Å²) in [6, 6.07) is 13.5. The Hall–Kier alpha value is -1.36. The van der Waals surface area contributed by atoms with Gasteiger partial charge in [-0.25, -0.2) is 0 Å². The van der Waals surface area contributed by atoms with Crippen LogP contribution >= 0.6 is 27.5 Å². The summed E-state index contributed by atoms with van der Waals surface area (Å²) in [7, 11) is 1.63. The molecule has 0 heterocycles. The fraction of sp³-hybridized carbons (Fsp3) is 0.188. The minimum Gasteiger partial charge on any atom is -0.355 e. The molecule has 2 aromatic carbocycles. The highest BCUT2D eigenvalue weighted by molar-refractivity contribution is 9.10. The smallest absolute Gasteiger partial charge is 0.251 e. The van der Waals surface area contributed by atoms with E-state index in [-0.39, 0.29) is 5.91 Å². The summed E-state index contributed by atoms with van der Waals surface area (Å²) in [5, 5.41) is 6.67. The second kappa shape index (κ2) is 7.59. The Balaban J connectivity index is 1.88. The van der Waals surface area contributed by atoms with Gasteiger partial charge in [0.1, 0.15) is 0 Å². The van der Waals surface area contributed by atoms with E-state index in [4.69, 9.17) is 11.6 Å². The number of hydrogen-bond donors (Lipinski definition) is 2. The summed E-state index contributed by atoms with van der Waals surface area (Å²) in [6.07, 6.45) is 0. The summed E-state index contributed by atoms with van der Waals surface area (Å²) in [5.41, 5.74) is 2.93. The van der Waals surface area contributed by atoms with E-state index in [1.807, 2.05) is 42.5 Å². The molecule has 0 saturated heterocycles. The van der Waals surface area contributed by atoms with Crippen molar-refractivity contribution in [3.05, 3.63) is 68.7 Å². The highest BCUT2D eigenvalue weighted by Gasteiger charge is 2.02. The van der Waals surface area contributed by atoms with Crippen LogP contribution in [0.2, 0.25) is 5.02 Å². The van der Waals surface area contributed by atoms with Crippen molar-refractivity contribution < 1.29 is 4.79 Å². The number of carbonyl (C=O) groups is 1. The summed E-state index contributed by atoms with van der Waals surface area (Å²) >= 11 is 9.43. The van der Waals surface area contributed by atoms with E-state index < -0.39 is 0 Å². The second-order valence-electron chi connectivity index (χ2n) is 4.63. The van der Waals surface area contributed by atoms with Gasteiger partial charge in [-0.3, -0.25) is 4.79 Å². The Kier molecular flexibility index (Phi) is 5.79. The van der Waals surface area contributed by atoms with Gasteiger partial charge in [-0.15, -0.1) is 0 Å². The molecule has 110 valence electrons. The van der Waals surface area contributed by atoms with Crippen LogP contribution in [0, 0.1) is 0 Å². The van der Waals surface area contributed by atoms with Crippen molar-refractivity contribution in [3.8, 4) is 0 Å². The molecule has 21 heavy (non-hydrogen) atoms. The van der Waals surface area contributed by atoms with Gasteiger partial charge < -0.3 is 10.6 Å². The highest BCUT2D eigenvalue weighted by Crippen LogP contribution is 2.23. The molecule has 0 aliphatic heterocycles. The van der Waals surface area contributed by atoms with Gasteiger partial charge in [0.05, 0.1) is 5.02 Å². The van der Waals surface area contributed by atoms with E-state index in [9.17, 15) is 4.79 Å². The maximum absolute atomic E-state index is 11.4. The number of nitrogens with one attached hydrogen (secondary N) is 2. The fourth-order valence-corrected chi connectivity index (χ4v) is 2.37. The number of hydrogen-bond acceptors (Lipinski definition) is 2. The van der Waals surface area contributed by atoms with E-state index in [2.05, 4.69) is 26.6 Å². The van der Waals surface area contributed by atoms with Gasteiger partial charge in [0.25, 0.3) is 5.91 Å². The average Bonchev–Trinajstić information content (AvgIpc) is 2.51. The lowest BCUT2D eigenvalue weighted by Crippen LogP contribution is -2.18. The molecular formula is C16H16BrClN2O. The van der Waals surface area contributed by atoms with Gasteiger partial charge in [0, 0.05) is 30.2 Å². The molecule has 0 aliphatic rings. The first-order valence-corrected chi connectivity index (χ1v) is 7.73. The maximum atomic E-state index is 11.4. The van der Waals surface area contributed by atoms with Gasteiger partial charge in [0.2, 0.25) is 0 Å². The predicted octanol–water partition coefficient (Wildman–Crippen LogP) is 3.75. The molecular weight excluding hydrogens is 352 g/mol. The Morgan fingerprint density at radius 3 is 2.33 bits per heavy atom. The molecule has 5 heteroatoms. The van der Waals surface area contributed by atoms with Crippen LogP contribution in [0.1, 0.15) is 21.5 Å². The number of rotatable bonds is 5. The molecule has 1 amide bonds. The van der Waals surface area contributed by atoms with Crippen molar-refractivity contribution in [2.45, 2.75) is 13.1 Å². The second-order valence-corrected chi connectivity index (χ2v) is 5.89. The third-order valence-electron chi connectivity index (χ3n) is 3.09. The molecule has 0 bridgehead atoms. The van der Waals surface area contributed by atoms with Crippen molar-refractivity contribution in [2.24, 2.45) is 0 Å². The zero-order chi connectivity index (χ0) is 15.2. The minimum atomic E-state index is -0.0704. The topological polar surface area (TPSA) is 41.1 Å². The van der Waals surface area contributed by atoms with Crippen LogP contribution in [0.25, 0.3) is 0 Å². The van der Waals surface area contributed by atoms with E-state index in [0.717, 1.165) is 28.7 Å². The largest absolute Gasteiger partial charge is 0.355 e. The van der Waals surface area contributed by atoms with Crippen molar-refractivity contribution in [1.29, 1.82) is 0 Å². The Labute approximate surface area is 137 Å². The number of benzene rings is 2. The van der Waals surface area contributed by atoms with Crippen LogP contribution in [-0.2, 0) is 13.1 Å². The summed E-state index contributed by atoms with van der Waals surface area (Å²) in [4.78, 5) is 11.4. The molecule has 2 N–H and O–H groups in total. The number of halogens is 2. The van der Waals surface area contributed by atoms with Crippen molar-refractivity contribution in [2.75, 3.05) is 7.05 Å². The van der Waals surface area contributed by atoms with Crippen LogP contribution < -0.4 is 10.6 Å². The van der Waals surface area contributed by atoms with Crippen molar-refractivity contribution in [3.63, 3.8) is 0 Å². The lowest BCUT2D eigenvalue weighted by molar-refractivity contribution is 0.0963. The Morgan fingerprint density at radius 2 is 1.71 bits per heavy atom. The van der Waals surface area contributed by atoms with Gasteiger partial charge in [-0.1, -0.05) is 29.8 Å². The first kappa shape index (κ1) is 16.0. The van der Waals surface area contributed by atoms with Crippen molar-refractivity contribution >= 4 is 33.4 Å². The first-order valence-electron chi connectivity index (χ1n) is 6.56. The molecule has 2 rings (SSSR count). The quantitative estimate of drug-likeness (QED) is 0.845. The van der Waals surface area contributed by atoms with Crippen LogP contribution in [-0.4, -0.2) is 13.0 Å². The minimum absolute atomic E-state index is 0.0704. The summed E-state index contributed by atoms with van der Waals surface area (Å²) < 4.78 is 0.901. The molecule has 0 atom stereocenters. The Morgan fingerprint density at radius 1 is 1.10 bits per heavy atom. The molecule has 0 fully saturated rings. The summed E-state index contributed by atoms with van der Waals surface area (Å²) in [5.74, 6) is -0.0704. The lowest BCUT2D eigenvalue weighted by atomic mass is 10.1.